The molecular weight excluding hydrogens is 470 g/mol. The Hall–Kier alpha value is -3.63. The summed E-state index contributed by atoms with van der Waals surface area (Å²) in [6.07, 6.45) is 3.07. The van der Waals surface area contributed by atoms with Crippen LogP contribution < -0.4 is 10.5 Å². The van der Waals surface area contributed by atoms with Crippen molar-refractivity contribution in [1.82, 2.24) is 19.7 Å². The third-order valence-electron chi connectivity index (χ3n) is 5.95. The molecule has 1 aromatic carbocycles. The maximum Gasteiger partial charge on any atom is 0.268 e. The highest BCUT2D eigenvalue weighted by molar-refractivity contribution is 7.22. The van der Waals surface area contributed by atoms with E-state index in [0.29, 0.717) is 34.9 Å². The highest BCUT2D eigenvalue weighted by atomic mass is 32.1. The molecule has 6 rings (SSSR count). The molecule has 1 aliphatic heterocycles. The normalized spacial score (nSPS) is 13.9. The van der Waals surface area contributed by atoms with Crippen LogP contribution in [0.15, 0.2) is 57.4 Å². The summed E-state index contributed by atoms with van der Waals surface area (Å²) in [4.78, 5) is 38.5. The van der Waals surface area contributed by atoms with Crippen LogP contribution in [0.3, 0.4) is 0 Å². The van der Waals surface area contributed by atoms with Gasteiger partial charge in [0.15, 0.2) is 0 Å². The number of aryl methyl sites for hydroxylation is 1. The first-order valence-electron chi connectivity index (χ1n) is 10.8. The third kappa shape index (κ3) is 3.55. The van der Waals surface area contributed by atoms with Gasteiger partial charge >= 0.3 is 0 Å². The van der Waals surface area contributed by atoms with Gasteiger partial charge in [-0.05, 0) is 48.1 Å². The summed E-state index contributed by atoms with van der Waals surface area (Å²) in [5.41, 5.74) is 2.54. The maximum absolute atomic E-state index is 13.3. The largest absolute Gasteiger partial charge is 0.333 e. The van der Waals surface area contributed by atoms with Crippen LogP contribution in [-0.4, -0.2) is 32.1 Å². The molecule has 170 valence electrons. The topological polar surface area (TPSA) is 94.1 Å². The number of hydrogen-bond acceptors (Lipinski definition) is 8. The van der Waals surface area contributed by atoms with Crippen LogP contribution in [0.5, 0.6) is 0 Å². The second kappa shape index (κ2) is 8.30. The molecule has 0 N–H and O–H groups in total. The number of carbonyl (C=O) groups excluding carboxylic acids is 1. The van der Waals surface area contributed by atoms with Crippen LogP contribution in [-0.2, 0) is 11.3 Å². The molecule has 0 saturated carbocycles. The van der Waals surface area contributed by atoms with E-state index in [1.54, 1.807) is 27.1 Å². The van der Waals surface area contributed by atoms with E-state index >= 15 is 0 Å². The minimum absolute atomic E-state index is 0.109. The second-order valence-electron chi connectivity index (χ2n) is 8.13. The molecule has 1 aliphatic rings. The van der Waals surface area contributed by atoms with Crippen LogP contribution in [0.25, 0.3) is 31.7 Å². The molecule has 1 saturated heterocycles. The molecule has 10 heteroatoms. The molecule has 1 amide bonds. The number of fused-ring (bicyclic) bond motifs is 1. The molecular formula is C24H19N5O3S2. The highest BCUT2D eigenvalue weighted by Crippen LogP contribution is 2.36. The lowest BCUT2D eigenvalue weighted by atomic mass is 10.2. The molecule has 0 unspecified atom stereocenters. The summed E-state index contributed by atoms with van der Waals surface area (Å²) in [6.45, 7) is 3.04. The van der Waals surface area contributed by atoms with Crippen molar-refractivity contribution in [2.24, 2.45) is 0 Å². The number of benzene rings is 1. The summed E-state index contributed by atoms with van der Waals surface area (Å²) in [5, 5.41) is 6.61. The molecule has 1 fully saturated rings. The van der Waals surface area contributed by atoms with Crippen LogP contribution in [0, 0.1) is 6.92 Å². The Bertz CT molecular complexity index is 1560. The Kier molecular flexibility index (Phi) is 5.11. The van der Waals surface area contributed by atoms with Gasteiger partial charge in [-0.15, -0.1) is 22.7 Å². The summed E-state index contributed by atoms with van der Waals surface area (Å²) in [5.74, 6) is 1.08. The number of hydrogen-bond donors (Lipinski definition) is 0. The van der Waals surface area contributed by atoms with Crippen LogP contribution >= 0.6 is 22.7 Å². The van der Waals surface area contributed by atoms with Crippen molar-refractivity contribution in [3.8, 4) is 21.5 Å². The molecule has 5 aromatic rings. The van der Waals surface area contributed by atoms with Gasteiger partial charge in [0.2, 0.25) is 11.7 Å². The van der Waals surface area contributed by atoms with E-state index in [4.69, 9.17) is 4.52 Å². The van der Waals surface area contributed by atoms with E-state index in [-0.39, 0.29) is 11.5 Å². The van der Waals surface area contributed by atoms with Gasteiger partial charge in [-0.25, -0.2) is 4.98 Å². The first kappa shape index (κ1) is 20.9. The number of thiophene rings is 2. The molecule has 0 aliphatic carbocycles. The van der Waals surface area contributed by atoms with Crippen molar-refractivity contribution in [2.45, 2.75) is 26.3 Å². The quantitative estimate of drug-likeness (QED) is 0.355. The highest BCUT2D eigenvalue weighted by Gasteiger charge is 2.22. The molecule has 5 heterocycles. The summed E-state index contributed by atoms with van der Waals surface area (Å²) >= 11 is 2.92. The maximum atomic E-state index is 13.3. The van der Waals surface area contributed by atoms with E-state index in [9.17, 15) is 9.59 Å². The number of carbonyl (C=O) groups is 1. The SMILES string of the molecule is Cc1c(-c2nc(-c3cccs3)no2)sc2ncn(Cc3ccc(N4CCCC4=O)cc3)c(=O)c12. The Morgan fingerprint density at radius 2 is 2.00 bits per heavy atom. The zero-order valence-corrected chi connectivity index (χ0v) is 19.9. The fourth-order valence-corrected chi connectivity index (χ4v) is 5.91. The van der Waals surface area contributed by atoms with E-state index in [1.807, 2.05) is 48.7 Å². The van der Waals surface area contributed by atoms with E-state index in [0.717, 1.165) is 39.5 Å². The molecule has 4 aromatic heterocycles. The monoisotopic (exact) mass is 489 g/mol. The Labute approximate surface area is 202 Å². The fraction of sp³-hybridized carbons (Fsp3) is 0.208. The van der Waals surface area contributed by atoms with Gasteiger partial charge in [0.25, 0.3) is 11.4 Å². The van der Waals surface area contributed by atoms with Crippen molar-refractivity contribution in [2.75, 3.05) is 11.4 Å². The Morgan fingerprint density at radius 1 is 1.15 bits per heavy atom. The number of anilines is 1. The summed E-state index contributed by atoms with van der Waals surface area (Å²) in [7, 11) is 0. The Balaban J connectivity index is 1.30. The average Bonchev–Trinajstić information content (AvgIpc) is 3.63. The predicted octanol–water partition coefficient (Wildman–Crippen LogP) is 4.72. The van der Waals surface area contributed by atoms with E-state index < -0.39 is 0 Å². The van der Waals surface area contributed by atoms with Crippen LogP contribution in [0.2, 0.25) is 0 Å². The van der Waals surface area contributed by atoms with Gasteiger partial charge in [0, 0.05) is 18.7 Å². The summed E-state index contributed by atoms with van der Waals surface area (Å²) < 4.78 is 7.11. The smallest absolute Gasteiger partial charge is 0.268 e. The van der Waals surface area contributed by atoms with Crippen molar-refractivity contribution in [1.29, 1.82) is 0 Å². The van der Waals surface area contributed by atoms with Gasteiger partial charge in [-0.2, -0.15) is 4.98 Å². The van der Waals surface area contributed by atoms with Gasteiger partial charge in [-0.3, -0.25) is 14.2 Å². The molecule has 0 atom stereocenters. The lowest BCUT2D eigenvalue weighted by Crippen LogP contribution is -2.23. The van der Waals surface area contributed by atoms with Gasteiger partial charge in [0.1, 0.15) is 4.83 Å². The summed E-state index contributed by atoms with van der Waals surface area (Å²) in [6, 6.07) is 11.6. The predicted molar refractivity (Wildman–Crippen MR) is 132 cm³/mol. The number of rotatable bonds is 5. The van der Waals surface area contributed by atoms with Crippen molar-refractivity contribution < 1.29 is 9.32 Å². The molecule has 8 nitrogen and oxygen atoms in total. The van der Waals surface area contributed by atoms with Gasteiger partial charge in [-0.1, -0.05) is 23.4 Å². The minimum atomic E-state index is -0.109. The number of nitrogens with zero attached hydrogens (tertiary/aromatic N) is 5. The first-order chi connectivity index (χ1) is 16.6. The van der Waals surface area contributed by atoms with Gasteiger partial charge < -0.3 is 9.42 Å². The lowest BCUT2D eigenvalue weighted by Gasteiger charge is -2.16. The van der Waals surface area contributed by atoms with E-state index in [1.165, 1.54) is 11.3 Å². The molecule has 34 heavy (non-hydrogen) atoms. The molecule has 0 spiro atoms. The zero-order chi connectivity index (χ0) is 23.2. The van der Waals surface area contributed by atoms with Crippen molar-refractivity contribution in [3.05, 3.63) is 69.6 Å². The average molecular weight is 490 g/mol. The minimum Gasteiger partial charge on any atom is -0.333 e. The second-order valence-corrected chi connectivity index (χ2v) is 10.1. The number of aromatic nitrogens is 4. The van der Waals surface area contributed by atoms with Crippen molar-refractivity contribution >= 4 is 44.5 Å². The standard InChI is InChI=1S/C24H19N5O3S2/c1-14-19-23(34-20(14)22-26-21(27-32-22)17-4-3-11-33-17)25-13-28(24(19)31)12-15-6-8-16(9-7-15)29-10-2-5-18(29)30/h3-4,6-9,11,13H,2,5,10,12H2,1H3. The number of amides is 1. The van der Waals surface area contributed by atoms with Crippen LogP contribution in [0.1, 0.15) is 24.0 Å². The lowest BCUT2D eigenvalue weighted by molar-refractivity contribution is -0.117. The van der Waals surface area contributed by atoms with Crippen molar-refractivity contribution in [3.63, 3.8) is 0 Å². The van der Waals surface area contributed by atoms with Crippen LogP contribution in [0.4, 0.5) is 5.69 Å². The fourth-order valence-electron chi connectivity index (χ4n) is 4.20. The van der Waals surface area contributed by atoms with E-state index in [2.05, 4.69) is 15.1 Å². The molecule has 0 bridgehead atoms. The molecule has 0 radical (unpaired) electrons. The van der Waals surface area contributed by atoms with Gasteiger partial charge in [0.05, 0.1) is 28.0 Å². The zero-order valence-electron chi connectivity index (χ0n) is 18.2. The third-order valence-corrected chi connectivity index (χ3v) is 8.01. The first-order valence-corrected chi connectivity index (χ1v) is 12.5. The Morgan fingerprint density at radius 3 is 2.74 bits per heavy atom.